The first kappa shape index (κ1) is 9.05. The Morgan fingerprint density at radius 3 is 2.36 bits per heavy atom. The molecule has 0 atom stereocenters. The summed E-state index contributed by atoms with van der Waals surface area (Å²) in [5.74, 6) is 0.929. The smallest absolute Gasteiger partial charge is 0.0540 e. The maximum Gasteiger partial charge on any atom is 0.0540 e. The van der Waals surface area contributed by atoms with Crippen molar-refractivity contribution >= 4 is 0 Å². The molecule has 0 heterocycles. The largest absolute Gasteiger partial charge is 0.393 e. The molecule has 0 aromatic rings. The fourth-order valence-electron chi connectivity index (χ4n) is 1.93. The molecule has 0 spiro atoms. The lowest BCUT2D eigenvalue weighted by molar-refractivity contribution is 0.106. The summed E-state index contributed by atoms with van der Waals surface area (Å²) in [5.41, 5.74) is 0. The van der Waals surface area contributed by atoms with Gasteiger partial charge in [0.1, 0.15) is 0 Å². The Morgan fingerprint density at radius 1 is 1.18 bits per heavy atom. The van der Waals surface area contributed by atoms with Crippen molar-refractivity contribution in [1.29, 1.82) is 0 Å². The van der Waals surface area contributed by atoms with Crippen molar-refractivity contribution in [3.8, 4) is 0 Å². The molecule has 0 amide bonds. The van der Waals surface area contributed by atoms with Crippen molar-refractivity contribution in [2.75, 3.05) is 0 Å². The number of rotatable bonds is 3. The highest BCUT2D eigenvalue weighted by atomic mass is 16.3. The molecule has 0 bridgehead atoms. The number of aliphatic hydroxyl groups is 1. The van der Waals surface area contributed by atoms with Crippen molar-refractivity contribution < 1.29 is 5.11 Å². The Balaban J connectivity index is 2.07. The minimum Gasteiger partial charge on any atom is -0.393 e. The van der Waals surface area contributed by atoms with Gasteiger partial charge in [-0.15, -0.1) is 0 Å². The van der Waals surface area contributed by atoms with Crippen molar-refractivity contribution in [3.05, 3.63) is 0 Å². The van der Waals surface area contributed by atoms with E-state index >= 15 is 0 Å². The lowest BCUT2D eigenvalue weighted by Crippen LogP contribution is -2.17. The standard InChI is InChI=1S/C10H20O/c1-2-3-4-9-5-7-10(11)8-6-9/h9-11H,2-8H2,1H3. The fourth-order valence-corrected chi connectivity index (χ4v) is 1.93. The molecule has 0 aromatic heterocycles. The average Bonchev–Trinajstić information content (AvgIpc) is 2.04. The van der Waals surface area contributed by atoms with Crippen LogP contribution in [0.5, 0.6) is 0 Å². The minimum absolute atomic E-state index is 0.0212. The Kier molecular flexibility index (Phi) is 3.92. The van der Waals surface area contributed by atoms with E-state index in [2.05, 4.69) is 6.92 Å². The van der Waals surface area contributed by atoms with Gasteiger partial charge < -0.3 is 5.11 Å². The third-order valence-corrected chi connectivity index (χ3v) is 2.78. The number of hydrogen-bond acceptors (Lipinski definition) is 1. The first-order valence-electron chi connectivity index (χ1n) is 5.01. The van der Waals surface area contributed by atoms with Crippen LogP contribution in [0.25, 0.3) is 0 Å². The van der Waals surface area contributed by atoms with Gasteiger partial charge in [0, 0.05) is 0 Å². The van der Waals surface area contributed by atoms with Gasteiger partial charge in [-0.3, -0.25) is 0 Å². The first-order valence-corrected chi connectivity index (χ1v) is 5.01. The molecule has 66 valence electrons. The molecule has 0 radical (unpaired) electrons. The van der Waals surface area contributed by atoms with Gasteiger partial charge in [-0.1, -0.05) is 26.2 Å². The molecule has 1 fully saturated rings. The van der Waals surface area contributed by atoms with Crippen LogP contribution in [0.1, 0.15) is 51.9 Å². The average molecular weight is 156 g/mol. The van der Waals surface area contributed by atoms with Crippen molar-refractivity contribution in [1.82, 2.24) is 0 Å². The molecular weight excluding hydrogens is 136 g/mol. The normalized spacial score (nSPS) is 32.2. The number of aliphatic hydroxyl groups excluding tert-OH is 1. The second-order valence-electron chi connectivity index (χ2n) is 3.82. The van der Waals surface area contributed by atoms with Gasteiger partial charge in [-0.05, 0) is 31.6 Å². The Morgan fingerprint density at radius 2 is 1.82 bits per heavy atom. The summed E-state index contributed by atoms with van der Waals surface area (Å²) in [5, 5.41) is 9.25. The van der Waals surface area contributed by atoms with Crippen LogP contribution < -0.4 is 0 Å². The minimum atomic E-state index is 0.0212. The number of hydrogen-bond donors (Lipinski definition) is 1. The van der Waals surface area contributed by atoms with Gasteiger partial charge in [0.25, 0.3) is 0 Å². The zero-order valence-electron chi connectivity index (χ0n) is 7.55. The molecule has 1 rings (SSSR count). The quantitative estimate of drug-likeness (QED) is 0.666. The molecule has 1 nitrogen and oxygen atoms in total. The Hall–Kier alpha value is -0.0400. The molecule has 0 unspecified atom stereocenters. The zero-order chi connectivity index (χ0) is 8.10. The van der Waals surface area contributed by atoms with Crippen LogP contribution in [-0.2, 0) is 0 Å². The maximum absolute atomic E-state index is 9.25. The van der Waals surface area contributed by atoms with Crippen molar-refractivity contribution in [2.45, 2.75) is 58.0 Å². The molecule has 0 saturated heterocycles. The van der Waals surface area contributed by atoms with Crippen LogP contribution in [0.15, 0.2) is 0 Å². The summed E-state index contributed by atoms with van der Waals surface area (Å²) < 4.78 is 0. The molecule has 1 aliphatic rings. The van der Waals surface area contributed by atoms with Gasteiger partial charge in [0.15, 0.2) is 0 Å². The van der Waals surface area contributed by atoms with E-state index in [0.29, 0.717) is 0 Å². The zero-order valence-corrected chi connectivity index (χ0v) is 7.55. The van der Waals surface area contributed by atoms with Crippen LogP contribution in [0.2, 0.25) is 0 Å². The van der Waals surface area contributed by atoms with E-state index in [9.17, 15) is 5.11 Å². The molecule has 1 aliphatic carbocycles. The van der Waals surface area contributed by atoms with E-state index in [1.54, 1.807) is 0 Å². The summed E-state index contributed by atoms with van der Waals surface area (Å²) in [4.78, 5) is 0. The maximum atomic E-state index is 9.25. The first-order chi connectivity index (χ1) is 5.33. The summed E-state index contributed by atoms with van der Waals surface area (Å²) in [7, 11) is 0. The van der Waals surface area contributed by atoms with E-state index in [-0.39, 0.29) is 6.10 Å². The highest BCUT2D eigenvalue weighted by Crippen LogP contribution is 2.27. The van der Waals surface area contributed by atoms with Crippen molar-refractivity contribution in [2.24, 2.45) is 5.92 Å². The fraction of sp³-hybridized carbons (Fsp3) is 1.00. The Labute approximate surface area is 69.8 Å². The molecule has 1 heteroatoms. The van der Waals surface area contributed by atoms with Gasteiger partial charge >= 0.3 is 0 Å². The topological polar surface area (TPSA) is 20.2 Å². The predicted octanol–water partition coefficient (Wildman–Crippen LogP) is 2.73. The van der Waals surface area contributed by atoms with Gasteiger partial charge in [0.05, 0.1) is 6.10 Å². The molecule has 1 N–H and O–H groups in total. The summed E-state index contributed by atoms with van der Waals surface area (Å²) >= 11 is 0. The highest BCUT2D eigenvalue weighted by Gasteiger charge is 2.18. The van der Waals surface area contributed by atoms with E-state index in [1.807, 2.05) is 0 Å². The predicted molar refractivity (Wildman–Crippen MR) is 47.5 cm³/mol. The van der Waals surface area contributed by atoms with Gasteiger partial charge in [-0.2, -0.15) is 0 Å². The lowest BCUT2D eigenvalue weighted by Gasteiger charge is -2.24. The molecule has 1 saturated carbocycles. The second-order valence-corrected chi connectivity index (χ2v) is 3.82. The highest BCUT2D eigenvalue weighted by molar-refractivity contribution is 4.71. The van der Waals surface area contributed by atoms with Crippen LogP contribution in [-0.4, -0.2) is 11.2 Å². The van der Waals surface area contributed by atoms with Gasteiger partial charge in [0.2, 0.25) is 0 Å². The van der Waals surface area contributed by atoms with E-state index in [4.69, 9.17) is 0 Å². The lowest BCUT2D eigenvalue weighted by atomic mass is 9.84. The van der Waals surface area contributed by atoms with E-state index in [1.165, 1.54) is 32.1 Å². The monoisotopic (exact) mass is 156 g/mol. The third kappa shape index (κ3) is 3.24. The molecule has 0 aromatic carbocycles. The van der Waals surface area contributed by atoms with E-state index in [0.717, 1.165) is 18.8 Å². The molecule has 0 aliphatic heterocycles. The van der Waals surface area contributed by atoms with Crippen LogP contribution >= 0.6 is 0 Å². The molecule has 11 heavy (non-hydrogen) atoms. The summed E-state index contributed by atoms with van der Waals surface area (Å²) in [6, 6.07) is 0. The third-order valence-electron chi connectivity index (χ3n) is 2.78. The summed E-state index contributed by atoms with van der Waals surface area (Å²) in [6.07, 6.45) is 8.74. The van der Waals surface area contributed by atoms with Crippen LogP contribution in [0.3, 0.4) is 0 Å². The van der Waals surface area contributed by atoms with Crippen molar-refractivity contribution in [3.63, 3.8) is 0 Å². The van der Waals surface area contributed by atoms with Crippen LogP contribution in [0.4, 0.5) is 0 Å². The van der Waals surface area contributed by atoms with Crippen LogP contribution in [0, 0.1) is 5.92 Å². The van der Waals surface area contributed by atoms with E-state index < -0.39 is 0 Å². The Bertz CT molecular complexity index is 90.3. The van der Waals surface area contributed by atoms with Gasteiger partial charge in [-0.25, -0.2) is 0 Å². The molecular formula is C10H20O. The summed E-state index contributed by atoms with van der Waals surface area (Å²) in [6.45, 7) is 2.25. The number of unbranched alkanes of at least 4 members (excludes halogenated alkanes) is 1. The SMILES string of the molecule is CCCCC1CCC(O)CC1. The second kappa shape index (κ2) is 4.76.